The Morgan fingerprint density at radius 1 is 0.841 bits per heavy atom. The van der Waals surface area contributed by atoms with Gasteiger partial charge in [0.25, 0.3) is 15.9 Å². The van der Waals surface area contributed by atoms with Crippen LogP contribution in [-0.2, 0) is 49.9 Å². The minimum absolute atomic E-state index is 0.000380. The Balaban J connectivity index is 1.83. The van der Waals surface area contributed by atoms with Crippen LogP contribution in [0.2, 0.25) is 0 Å². The van der Waals surface area contributed by atoms with E-state index in [1.54, 1.807) is 54.1 Å². The summed E-state index contributed by atoms with van der Waals surface area (Å²) in [5, 5.41) is 5.79. The van der Waals surface area contributed by atoms with E-state index in [1.165, 1.54) is 38.5 Å². The van der Waals surface area contributed by atoms with Gasteiger partial charge in [-0.2, -0.15) is 0 Å². The third kappa shape index (κ3) is 14.0. The van der Waals surface area contributed by atoms with Crippen LogP contribution in [-0.4, -0.2) is 137 Å². The highest BCUT2D eigenvalue weighted by molar-refractivity contribution is 7.90. The number of nitrogens with two attached hydrogens (primary N) is 1. The van der Waals surface area contributed by atoms with E-state index >= 15 is 0 Å². The molecule has 1 aliphatic rings. The molecule has 0 spiro atoms. The fourth-order valence-electron chi connectivity index (χ4n) is 8.68. The number of likely N-dealkylation sites (tertiary alicyclic amines) is 1. The van der Waals surface area contributed by atoms with Crippen molar-refractivity contribution in [3.63, 3.8) is 0 Å². The lowest BCUT2D eigenvalue weighted by molar-refractivity contribution is -0.148. The van der Waals surface area contributed by atoms with Gasteiger partial charge in [-0.1, -0.05) is 85.2 Å². The fourth-order valence-corrected chi connectivity index (χ4v) is 9.70. The zero-order chi connectivity index (χ0) is 47.3. The summed E-state index contributed by atoms with van der Waals surface area (Å²) in [6.45, 7) is 13.8. The fraction of sp³-hybridized carbons (Fsp3) is 0.630. The molecule has 17 heteroatoms. The molecule has 3 rings (SSSR count). The van der Waals surface area contributed by atoms with Gasteiger partial charge in [-0.3, -0.25) is 28.9 Å². The summed E-state index contributed by atoms with van der Waals surface area (Å²) in [5.41, 5.74) is 6.77. The molecule has 5 amide bonds. The van der Waals surface area contributed by atoms with Gasteiger partial charge < -0.3 is 35.6 Å². The average molecular weight is 900 g/mol. The van der Waals surface area contributed by atoms with Gasteiger partial charge in [0.15, 0.2) is 0 Å². The van der Waals surface area contributed by atoms with Crippen molar-refractivity contribution in [2.75, 3.05) is 47.6 Å². The van der Waals surface area contributed by atoms with Crippen LogP contribution in [0.4, 0.5) is 5.69 Å². The monoisotopic (exact) mass is 900 g/mol. The van der Waals surface area contributed by atoms with Gasteiger partial charge >= 0.3 is 0 Å². The summed E-state index contributed by atoms with van der Waals surface area (Å²) in [5.74, 6) is -3.41. The number of ether oxygens (including phenoxy) is 2. The van der Waals surface area contributed by atoms with E-state index in [0.717, 1.165) is 0 Å². The average Bonchev–Trinajstić information content (AvgIpc) is 3.71. The minimum Gasteiger partial charge on any atom is -0.399 e. The number of nitrogen functional groups attached to an aromatic ring is 1. The van der Waals surface area contributed by atoms with Gasteiger partial charge in [0.1, 0.15) is 12.1 Å². The van der Waals surface area contributed by atoms with E-state index in [0.29, 0.717) is 37.1 Å². The molecule has 352 valence electrons. The van der Waals surface area contributed by atoms with Crippen LogP contribution >= 0.6 is 0 Å². The van der Waals surface area contributed by atoms with Crippen molar-refractivity contribution in [2.24, 2.45) is 23.7 Å². The molecule has 1 unspecified atom stereocenters. The molecule has 1 aliphatic heterocycles. The first-order valence-electron chi connectivity index (χ1n) is 21.9. The lowest BCUT2D eigenvalue weighted by atomic mass is 9.89. The van der Waals surface area contributed by atoms with Crippen molar-refractivity contribution in [1.82, 2.24) is 30.1 Å². The van der Waals surface area contributed by atoms with E-state index in [9.17, 15) is 32.4 Å². The van der Waals surface area contributed by atoms with E-state index < -0.39 is 70.2 Å². The van der Waals surface area contributed by atoms with Gasteiger partial charge in [-0.25, -0.2) is 13.1 Å². The Bertz CT molecular complexity index is 1920. The first kappa shape index (κ1) is 52.8. The third-order valence-electron chi connectivity index (χ3n) is 12.3. The van der Waals surface area contributed by atoms with Gasteiger partial charge in [0.05, 0.1) is 47.6 Å². The largest absolute Gasteiger partial charge is 0.399 e. The lowest BCUT2D eigenvalue weighted by Gasteiger charge is -2.41. The molecule has 9 atom stereocenters. The number of carbonyl (C=O) groups is 5. The summed E-state index contributed by atoms with van der Waals surface area (Å²) in [6, 6.07) is 10.7. The van der Waals surface area contributed by atoms with Crippen molar-refractivity contribution >= 4 is 45.2 Å². The van der Waals surface area contributed by atoms with Crippen molar-refractivity contribution in [3.05, 3.63) is 60.2 Å². The summed E-state index contributed by atoms with van der Waals surface area (Å²) in [6.07, 6.45) is 0.315. The number of hydrogen-bond acceptors (Lipinski definition) is 11. The molecule has 0 saturated carbocycles. The van der Waals surface area contributed by atoms with Gasteiger partial charge in [-0.15, -0.1) is 0 Å². The predicted octanol–water partition coefficient (Wildman–Crippen LogP) is 3.45. The molecular formula is C46H73N7O9S. The standard InChI is InChI=1S/C46H73N7O9S/c1-13-30(6)41(52(10)46(58)39(28(2)3)49-45(57)40(29(4)5)51(8)9)37(61-11)27-38(54)53-25-17-20-36(53)42(62-12)31(7)43(55)48-35(26-32-18-15-14-16-19-32)44(56)50-63(59,60)34-23-21-33(47)22-24-34/h14-16,18-19,21-24,28-31,35-37,39-42H,13,17,20,25-27,47H2,1-12H3,(H,48,55)(H,49,57)(H,50,56)/t30-,31-,35+,36+,37-,39?,40+,41+,42-/m1/s1. The lowest BCUT2D eigenvalue weighted by Crippen LogP contribution is -2.59. The van der Waals surface area contributed by atoms with Crippen LogP contribution in [0.15, 0.2) is 59.5 Å². The molecule has 2 aromatic rings. The van der Waals surface area contributed by atoms with Crippen LogP contribution in [0.1, 0.15) is 79.7 Å². The Kier molecular flexibility index (Phi) is 20.0. The molecule has 2 aromatic carbocycles. The Hall–Kier alpha value is -4.58. The second-order valence-corrected chi connectivity index (χ2v) is 19.4. The Labute approximate surface area is 375 Å². The molecule has 0 aliphatic carbocycles. The maximum Gasteiger partial charge on any atom is 0.264 e. The summed E-state index contributed by atoms with van der Waals surface area (Å²) >= 11 is 0. The molecule has 1 heterocycles. The predicted molar refractivity (Wildman–Crippen MR) is 243 cm³/mol. The van der Waals surface area contributed by atoms with Crippen LogP contribution in [0, 0.1) is 23.7 Å². The van der Waals surface area contributed by atoms with E-state index in [4.69, 9.17) is 15.2 Å². The van der Waals surface area contributed by atoms with Gasteiger partial charge in [0.2, 0.25) is 23.6 Å². The number of hydrogen-bond donors (Lipinski definition) is 4. The van der Waals surface area contributed by atoms with Crippen LogP contribution < -0.4 is 21.1 Å². The number of carbonyl (C=O) groups excluding carboxylic acids is 5. The number of methoxy groups -OCH3 is 2. The number of sulfonamides is 1. The molecule has 16 nitrogen and oxygen atoms in total. The first-order valence-corrected chi connectivity index (χ1v) is 23.4. The van der Waals surface area contributed by atoms with Gasteiger partial charge in [0, 0.05) is 39.9 Å². The summed E-state index contributed by atoms with van der Waals surface area (Å²) in [7, 11) is 4.05. The highest BCUT2D eigenvalue weighted by Crippen LogP contribution is 2.30. The molecule has 0 radical (unpaired) electrons. The number of nitrogens with one attached hydrogen (secondary N) is 3. The van der Waals surface area contributed by atoms with Crippen molar-refractivity contribution in [1.29, 1.82) is 0 Å². The van der Waals surface area contributed by atoms with Crippen LogP contribution in [0.25, 0.3) is 0 Å². The normalized spacial score (nSPS) is 18.2. The molecule has 1 fully saturated rings. The second kappa shape index (κ2) is 23.9. The van der Waals surface area contributed by atoms with Crippen molar-refractivity contribution in [2.45, 2.75) is 128 Å². The smallest absolute Gasteiger partial charge is 0.264 e. The zero-order valence-electron chi connectivity index (χ0n) is 39.3. The second-order valence-electron chi connectivity index (χ2n) is 17.8. The number of likely N-dealkylation sites (N-methyl/N-ethyl adjacent to an activating group) is 2. The number of benzene rings is 2. The van der Waals surface area contributed by atoms with E-state index in [-0.39, 0.29) is 53.2 Å². The van der Waals surface area contributed by atoms with Crippen molar-refractivity contribution < 1.29 is 41.9 Å². The molecular weight excluding hydrogens is 827 g/mol. The number of amides is 5. The van der Waals surface area contributed by atoms with Gasteiger partial charge in [-0.05, 0) is 74.5 Å². The quantitative estimate of drug-likeness (QED) is 0.119. The zero-order valence-corrected chi connectivity index (χ0v) is 40.1. The number of anilines is 1. The molecule has 63 heavy (non-hydrogen) atoms. The Morgan fingerprint density at radius 2 is 1.46 bits per heavy atom. The Morgan fingerprint density at radius 3 is 1.98 bits per heavy atom. The molecule has 5 N–H and O–H groups in total. The maximum absolute atomic E-state index is 14.4. The number of nitrogens with zero attached hydrogens (tertiary/aromatic N) is 3. The SMILES string of the molecule is CC[C@@H](C)[C@@H]([C@@H](CC(=O)N1CCC[C@H]1[C@H](OC)[C@@H](C)C(=O)N[C@@H](Cc1ccccc1)C(=O)NS(=O)(=O)c1ccc(N)cc1)OC)N(C)C(=O)C(NC(=O)[C@H](C(C)C)N(C)C)C(C)C. The molecule has 1 saturated heterocycles. The maximum atomic E-state index is 14.4. The summed E-state index contributed by atoms with van der Waals surface area (Å²) < 4.78 is 40.5. The first-order chi connectivity index (χ1) is 29.6. The van der Waals surface area contributed by atoms with Crippen molar-refractivity contribution in [3.8, 4) is 0 Å². The van der Waals surface area contributed by atoms with Crippen LogP contribution in [0.3, 0.4) is 0 Å². The topological polar surface area (TPSA) is 210 Å². The number of rotatable bonds is 23. The minimum atomic E-state index is -4.30. The van der Waals surface area contributed by atoms with E-state index in [1.807, 2.05) is 60.5 Å². The highest BCUT2D eigenvalue weighted by Gasteiger charge is 2.43. The molecule has 0 bridgehead atoms. The third-order valence-corrected chi connectivity index (χ3v) is 13.6. The summed E-state index contributed by atoms with van der Waals surface area (Å²) in [4.78, 5) is 74.9. The van der Waals surface area contributed by atoms with E-state index in [2.05, 4.69) is 15.4 Å². The highest BCUT2D eigenvalue weighted by atomic mass is 32.2. The van der Waals surface area contributed by atoms with Crippen LogP contribution in [0.5, 0.6) is 0 Å². The molecule has 0 aromatic heterocycles.